The van der Waals surface area contributed by atoms with E-state index < -0.39 is 0 Å². The lowest BCUT2D eigenvalue weighted by Crippen LogP contribution is -1.96. The molecule has 0 amide bonds. The summed E-state index contributed by atoms with van der Waals surface area (Å²) in [6, 6.07) is 3.62. The normalized spacial score (nSPS) is 10.4. The average molecular weight is 284 g/mol. The van der Waals surface area contributed by atoms with Crippen LogP contribution in [-0.4, -0.2) is 15.2 Å². The molecule has 0 saturated carbocycles. The van der Waals surface area contributed by atoms with Gasteiger partial charge in [0.1, 0.15) is 10.4 Å². The topological polar surface area (TPSA) is 61.0 Å². The van der Waals surface area contributed by atoms with Gasteiger partial charge in [-0.05, 0) is 28.1 Å². The molecule has 0 N–H and O–H groups in total. The molecule has 16 heavy (non-hydrogen) atoms. The Balaban J connectivity index is 1.94. The van der Waals surface area contributed by atoms with Gasteiger partial charge in [0.25, 0.3) is 5.89 Å². The highest BCUT2D eigenvalue weighted by Crippen LogP contribution is 2.14. The lowest BCUT2D eigenvalue weighted by atomic mass is 10.5. The smallest absolute Gasteiger partial charge is 0.253 e. The molecular formula is C10H10BrN3O2. The highest BCUT2D eigenvalue weighted by atomic mass is 79.9. The summed E-state index contributed by atoms with van der Waals surface area (Å²) in [5, 5.41) is 7.69. The zero-order valence-corrected chi connectivity index (χ0v) is 10.3. The molecule has 0 saturated heterocycles. The van der Waals surface area contributed by atoms with E-state index in [4.69, 9.17) is 9.15 Å². The van der Waals surface area contributed by atoms with Crippen LogP contribution in [0.25, 0.3) is 0 Å². The number of pyridine rings is 1. The number of hydrogen-bond donors (Lipinski definition) is 0. The van der Waals surface area contributed by atoms with Crippen LogP contribution < -0.4 is 4.74 Å². The molecule has 0 radical (unpaired) electrons. The lowest BCUT2D eigenvalue weighted by Gasteiger charge is -2.01. The molecule has 0 spiro atoms. The van der Waals surface area contributed by atoms with E-state index in [0.717, 1.165) is 11.0 Å². The van der Waals surface area contributed by atoms with E-state index in [1.165, 1.54) is 0 Å². The Labute approximate surface area is 101 Å². The van der Waals surface area contributed by atoms with Gasteiger partial charge in [-0.25, -0.2) is 4.98 Å². The standard InChI is InChI=1S/C10H10BrN3O2/c1-2-9-13-14-10(16-9)6-15-7-3-4-8(11)12-5-7/h3-5H,2,6H2,1H3. The second kappa shape index (κ2) is 5.07. The number of halogens is 1. The molecule has 0 atom stereocenters. The van der Waals surface area contributed by atoms with Gasteiger partial charge in [-0.2, -0.15) is 0 Å². The largest absolute Gasteiger partial charge is 0.482 e. The minimum atomic E-state index is 0.260. The summed E-state index contributed by atoms with van der Waals surface area (Å²) in [6.45, 7) is 2.22. The number of aromatic nitrogens is 3. The second-order valence-corrected chi connectivity index (χ2v) is 3.86. The summed E-state index contributed by atoms with van der Waals surface area (Å²) in [7, 11) is 0. The number of nitrogens with zero attached hydrogens (tertiary/aromatic N) is 3. The minimum absolute atomic E-state index is 0.260. The Morgan fingerprint density at radius 2 is 2.12 bits per heavy atom. The Morgan fingerprint density at radius 1 is 1.31 bits per heavy atom. The molecule has 0 aliphatic rings. The zero-order chi connectivity index (χ0) is 11.4. The lowest BCUT2D eigenvalue weighted by molar-refractivity contribution is 0.258. The fraction of sp³-hybridized carbons (Fsp3) is 0.300. The molecule has 2 aromatic rings. The van der Waals surface area contributed by atoms with Crippen molar-refractivity contribution >= 4 is 15.9 Å². The molecule has 2 aromatic heterocycles. The summed E-state index contributed by atoms with van der Waals surface area (Å²) < 4.78 is 11.5. The summed E-state index contributed by atoms with van der Waals surface area (Å²) >= 11 is 3.25. The predicted molar refractivity (Wildman–Crippen MR) is 59.9 cm³/mol. The van der Waals surface area contributed by atoms with Crippen molar-refractivity contribution < 1.29 is 9.15 Å². The summed E-state index contributed by atoms with van der Waals surface area (Å²) in [5.41, 5.74) is 0. The second-order valence-electron chi connectivity index (χ2n) is 3.05. The molecule has 2 heterocycles. The van der Waals surface area contributed by atoms with Gasteiger partial charge < -0.3 is 9.15 Å². The number of hydrogen-bond acceptors (Lipinski definition) is 5. The predicted octanol–water partition coefficient (Wildman–Crippen LogP) is 2.37. The average Bonchev–Trinajstić information content (AvgIpc) is 2.76. The SMILES string of the molecule is CCc1nnc(COc2ccc(Br)nc2)o1. The summed E-state index contributed by atoms with van der Waals surface area (Å²) in [5.74, 6) is 1.76. The Morgan fingerprint density at radius 3 is 2.75 bits per heavy atom. The molecule has 0 aliphatic carbocycles. The van der Waals surface area contributed by atoms with Crippen molar-refractivity contribution in [3.8, 4) is 5.75 Å². The first kappa shape index (κ1) is 11.1. The van der Waals surface area contributed by atoms with Crippen LogP contribution in [0.1, 0.15) is 18.7 Å². The van der Waals surface area contributed by atoms with E-state index in [-0.39, 0.29) is 6.61 Å². The van der Waals surface area contributed by atoms with Crippen molar-refractivity contribution in [3.05, 3.63) is 34.7 Å². The Bertz CT molecular complexity index is 455. The van der Waals surface area contributed by atoms with Crippen molar-refractivity contribution in [2.75, 3.05) is 0 Å². The molecular weight excluding hydrogens is 274 g/mol. The minimum Gasteiger partial charge on any atom is -0.482 e. The van der Waals surface area contributed by atoms with Crippen LogP contribution in [0.3, 0.4) is 0 Å². The Hall–Kier alpha value is -1.43. The maximum atomic E-state index is 5.43. The van der Waals surface area contributed by atoms with Gasteiger partial charge in [0.05, 0.1) is 6.20 Å². The third-order valence-electron chi connectivity index (χ3n) is 1.87. The number of aryl methyl sites for hydroxylation is 1. The van der Waals surface area contributed by atoms with Crippen molar-refractivity contribution in [1.29, 1.82) is 0 Å². The number of rotatable bonds is 4. The van der Waals surface area contributed by atoms with Gasteiger partial charge >= 0.3 is 0 Å². The van der Waals surface area contributed by atoms with Gasteiger partial charge in [0.2, 0.25) is 5.89 Å². The van der Waals surface area contributed by atoms with Crippen molar-refractivity contribution in [3.63, 3.8) is 0 Å². The molecule has 0 aliphatic heterocycles. The maximum absolute atomic E-state index is 5.43. The van der Waals surface area contributed by atoms with Crippen molar-refractivity contribution in [2.45, 2.75) is 20.0 Å². The Kier molecular flexibility index (Phi) is 3.51. The van der Waals surface area contributed by atoms with Gasteiger partial charge in [-0.1, -0.05) is 6.92 Å². The van der Waals surface area contributed by atoms with Crippen LogP contribution >= 0.6 is 15.9 Å². The molecule has 0 aromatic carbocycles. The van der Waals surface area contributed by atoms with Crippen LogP contribution in [0.15, 0.2) is 27.3 Å². The van der Waals surface area contributed by atoms with E-state index in [1.54, 1.807) is 12.3 Å². The molecule has 84 valence electrons. The molecule has 0 unspecified atom stereocenters. The van der Waals surface area contributed by atoms with Gasteiger partial charge in [-0.15, -0.1) is 10.2 Å². The van der Waals surface area contributed by atoms with Crippen LogP contribution in [0, 0.1) is 0 Å². The van der Waals surface area contributed by atoms with Crippen LogP contribution in [0.5, 0.6) is 5.75 Å². The third-order valence-corrected chi connectivity index (χ3v) is 2.34. The van der Waals surface area contributed by atoms with Crippen LogP contribution in [0.4, 0.5) is 0 Å². The van der Waals surface area contributed by atoms with E-state index in [1.807, 2.05) is 13.0 Å². The summed E-state index contributed by atoms with van der Waals surface area (Å²) in [6.07, 6.45) is 2.36. The first-order valence-corrected chi connectivity index (χ1v) is 5.63. The van der Waals surface area contributed by atoms with Gasteiger partial charge in [0.15, 0.2) is 6.61 Å². The van der Waals surface area contributed by atoms with Crippen LogP contribution in [0.2, 0.25) is 0 Å². The van der Waals surface area contributed by atoms with E-state index in [9.17, 15) is 0 Å². The monoisotopic (exact) mass is 283 g/mol. The first-order valence-electron chi connectivity index (χ1n) is 4.83. The van der Waals surface area contributed by atoms with E-state index in [2.05, 4.69) is 31.1 Å². The zero-order valence-electron chi connectivity index (χ0n) is 8.68. The highest BCUT2D eigenvalue weighted by Gasteiger charge is 2.04. The number of ether oxygens (including phenoxy) is 1. The molecule has 5 nitrogen and oxygen atoms in total. The van der Waals surface area contributed by atoms with Gasteiger partial charge in [-0.3, -0.25) is 0 Å². The fourth-order valence-corrected chi connectivity index (χ4v) is 1.32. The third kappa shape index (κ3) is 2.79. The summed E-state index contributed by atoms with van der Waals surface area (Å²) in [4.78, 5) is 4.04. The maximum Gasteiger partial charge on any atom is 0.253 e. The van der Waals surface area contributed by atoms with Gasteiger partial charge in [0, 0.05) is 6.42 Å². The first-order chi connectivity index (χ1) is 7.78. The molecule has 0 bridgehead atoms. The highest BCUT2D eigenvalue weighted by molar-refractivity contribution is 9.10. The quantitative estimate of drug-likeness (QED) is 0.806. The van der Waals surface area contributed by atoms with Crippen LogP contribution in [-0.2, 0) is 13.0 Å². The molecule has 0 fully saturated rings. The van der Waals surface area contributed by atoms with E-state index in [0.29, 0.717) is 17.5 Å². The molecule has 2 rings (SSSR count). The van der Waals surface area contributed by atoms with Crippen molar-refractivity contribution in [2.24, 2.45) is 0 Å². The van der Waals surface area contributed by atoms with E-state index >= 15 is 0 Å². The fourth-order valence-electron chi connectivity index (χ4n) is 1.08. The molecule has 6 heteroatoms. The van der Waals surface area contributed by atoms with Crippen molar-refractivity contribution in [1.82, 2.24) is 15.2 Å².